The molecule has 146 valence electrons. The van der Waals surface area contributed by atoms with E-state index in [1.54, 1.807) is 0 Å². The van der Waals surface area contributed by atoms with E-state index in [0.29, 0.717) is 0 Å². The monoisotopic (exact) mass is 430 g/mol. The number of carbonyl (C=O) groups is 2. The van der Waals surface area contributed by atoms with Crippen molar-refractivity contribution >= 4 is 27.9 Å². The van der Waals surface area contributed by atoms with E-state index in [-0.39, 0.29) is 0 Å². The molecule has 1 saturated heterocycles. The third-order valence-electron chi connectivity index (χ3n) is 4.04. The Hall–Kier alpha value is -1.64. The second-order valence-corrected chi connectivity index (χ2v) is 7.14. The van der Waals surface area contributed by atoms with Crippen LogP contribution in [0.25, 0.3) is 0 Å². The molecule has 1 fully saturated rings. The van der Waals surface area contributed by atoms with Gasteiger partial charge in [0.05, 0.1) is 6.61 Å². The third-order valence-corrected chi connectivity index (χ3v) is 4.54. The number of benzene rings is 1. The number of unbranched alkanes of at least 4 members (excludes halogenated alkanes) is 1. The number of hydrogen-bond donors (Lipinski definition) is 2. The van der Waals surface area contributed by atoms with Crippen molar-refractivity contribution in [1.82, 2.24) is 9.80 Å². The Bertz CT molecular complexity index is 577. The van der Waals surface area contributed by atoms with E-state index < -0.39 is 11.9 Å². The molecule has 1 aliphatic heterocycles. The van der Waals surface area contributed by atoms with Crippen molar-refractivity contribution in [1.29, 1.82) is 0 Å². The van der Waals surface area contributed by atoms with Crippen molar-refractivity contribution in [2.24, 2.45) is 0 Å². The van der Waals surface area contributed by atoms with E-state index in [9.17, 15) is 0 Å². The minimum Gasteiger partial charge on any atom is -0.493 e. The second-order valence-electron chi connectivity index (χ2n) is 6.22. The van der Waals surface area contributed by atoms with Gasteiger partial charge in [-0.2, -0.15) is 0 Å². The molecule has 0 atom stereocenters. The highest BCUT2D eigenvalue weighted by Crippen LogP contribution is 2.22. The van der Waals surface area contributed by atoms with Crippen molar-refractivity contribution in [2.45, 2.75) is 19.8 Å². The van der Waals surface area contributed by atoms with Gasteiger partial charge >= 0.3 is 11.9 Å². The summed E-state index contributed by atoms with van der Waals surface area (Å²) in [6.45, 7) is 8.94. The van der Waals surface area contributed by atoms with Crippen molar-refractivity contribution in [3.8, 4) is 5.75 Å². The summed E-state index contributed by atoms with van der Waals surface area (Å²) < 4.78 is 6.96. The molecule has 0 aliphatic carbocycles. The summed E-state index contributed by atoms with van der Waals surface area (Å²) in [6, 6.07) is 6.17. The van der Waals surface area contributed by atoms with Gasteiger partial charge in [0.25, 0.3) is 0 Å². The molecule has 1 heterocycles. The second kappa shape index (κ2) is 11.9. The van der Waals surface area contributed by atoms with Crippen LogP contribution in [0.1, 0.15) is 18.4 Å². The van der Waals surface area contributed by atoms with E-state index >= 15 is 0 Å². The number of halogens is 1. The molecule has 1 aromatic rings. The Balaban J connectivity index is 0.000000487. The summed E-state index contributed by atoms with van der Waals surface area (Å²) in [5.74, 6) is -2.64. The number of carboxylic acids is 2. The zero-order valence-corrected chi connectivity index (χ0v) is 16.9. The highest BCUT2D eigenvalue weighted by atomic mass is 79.9. The fraction of sp³-hybridized carbons (Fsp3) is 0.556. The molecule has 2 N–H and O–H groups in total. The SMILES string of the molecule is Cc1cc(Br)ccc1OCCCCN1CCN(C)CC1.O=C(O)C(=O)O. The standard InChI is InChI=1S/C16H25BrN2O.C2H2O4/c1-14-13-15(17)5-6-16(14)20-12-4-3-7-19-10-8-18(2)9-11-19;3-1(4)2(5)6/h5-6,13H,3-4,7-12H2,1-2H3;(H,3,4)(H,5,6). The zero-order valence-electron chi connectivity index (χ0n) is 15.3. The maximum atomic E-state index is 9.10. The number of aliphatic carboxylic acids is 2. The Labute approximate surface area is 162 Å². The number of aryl methyl sites for hydroxylation is 1. The molecule has 0 radical (unpaired) electrons. The van der Waals surface area contributed by atoms with Gasteiger partial charge in [0.15, 0.2) is 0 Å². The molecular weight excluding hydrogens is 404 g/mol. The maximum absolute atomic E-state index is 9.10. The third kappa shape index (κ3) is 9.17. The molecule has 0 amide bonds. The lowest BCUT2D eigenvalue weighted by molar-refractivity contribution is -0.159. The first-order chi connectivity index (χ1) is 12.3. The number of nitrogens with zero attached hydrogens (tertiary/aromatic N) is 2. The van der Waals surface area contributed by atoms with Crippen molar-refractivity contribution in [2.75, 3.05) is 46.4 Å². The molecule has 8 heteroatoms. The first-order valence-corrected chi connectivity index (χ1v) is 9.35. The van der Waals surface area contributed by atoms with E-state index in [0.717, 1.165) is 23.2 Å². The molecule has 2 rings (SSSR count). The summed E-state index contributed by atoms with van der Waals surface area (Å²) in [5, 5.41) is 14.8. The highest BCUT2D eigenvalue weighted by Gasteiger charge is 2.12. The first-order valence-electron chi connectivity index (χ1n) is 8.55. The van der Waals surface area contributed by atoms with Crippen LogP contribution < -0.4 is 4.74 Å². The molecule has 26 heavy (non-hydrogen) atoms. The lowest BCUT2D eigenvalue weighted by Gasteiger charge is -2.32. The average Bonchev–Trinajstić information content (AvgIpc) is 2.58. The fourth-order valence-corrected chi connectivity index (χ4v) is 2.94. The number of rotatable bonds is 6. The van der Waals surface area contributed by atoms with E-state index in [1.807, 2.05) is 12.1 Å². The molecule has 0 aromatic heterocycles. The molecule has 0 bridgehead atoms. The summed E-state index contributed by atoms with van der Waals surface area (Å²) in [7, 11) is 2.20. The quantitative estimate of drug-likeness (QED) is 0.528. The van der Waals surface area contributed by atoms with Gasteiger partial charge in [0.2, 0.25) is 0 Å². The minimum atomic E-state index is -1.82. The van der Waals surface area contributed by atoms with Crippen molar-refractivity contribution in [3.63, 3.8) is 0 Å². The molecule has 0 spiro atoms. The van der Waals surface area contributed by atoms with E-state index in [2.05, 4.69) is 45.8 Å². The van der Waals surface area contributed by atoms with Gasteiger partial charge in [-0.05, 0) is 57.1 Å². The van der Waals surface area contributed by atoms with Crippen LogP contribution in [-0.4, -0.2) is 78.3 Å². The van der Waals surface area contributed by atoms with Crippen LogP contribution in [-0.2, 0) is 9.59 Å². The summed E-state index contributed by atoms with van der Waals surface area (Å²) in [6.07, 6.45) is 2.35. The van der Waals surface area contributed by atoms with Crippen molar-refractivity contribution in [3.05, 3.63) is 28.2 Å². The number of likely N-dealkylation sites (N-methyl/N-ethyl adjacent to an activating group) is 1. The Morgan fingerprint density at radius 3 is 2.27 bits per heavy atom. The van der Waals surface area contributed by atoms with Gasteiger partial charge in [-0.15, -0.1) is 0 Å². The van der Waals surface area contributed by atoms with Crippen molar-refractivity contribution < 1.29 is 24.5 Å². The lowest BCUT2D eigenvalue weighted by Crippen LogP contribution is -2.44. The highest BCUT2D eigenvalue weighted by molar-refractivity contribution is 9.10. The minimum absolute atomic E-state index is 0.816. The lowest BCUT2D eigenvalue weighted by atomic mass is 10.2. The zero-order chi connectivity index (χ0) is 19.5. The van der Waals surface area contributed by atoms with E-state index in [4.69, 9.17) is 24.5 Å². The van der Waals surface area contributed by atoms with Crippen LogP contribution in [0.4, 0.5) is 0 Å². The number of piperazine rings is 1. The van der Waals surface area contributed by atoms with Gasteiger partial charge in [0, 0.05) is 30.7 Å². The van der Waals surface area contributed by atoms with Gasteiger partial charge in [-0.1, -0.05) is 15.9 Å². The van der Waals surface area contributed by atoms with Crippen LogP contribution >= 0.6 is 15.9 Å². The predicted octanol–water partition coefficient (Wildman–Crippen LogP) is 2.32. The average molecular weight is 431 g/mol. The van der Waals surface area contributed by atoms with Gasteiger partial charge in [0.1, 0.15) is 5.75 Å². The molecule has 0 saturated carbocycles. The smallest absolute Gasteiger partial charge is 0.414 e. The Morgan fingerprint density at radius 2 is 1.73 bits per heavy atom. The summed E-state index contributed by atoms with van der Waals surface area (Å²) >= 11 is 3.47. The van der Waals surface area contributed by atoms with Gasteiger partial charge in [-0.25, -0.2) is 9.59 Å². The number of carboxylic acid groups (broad SMARTS) is 2. The molecule has 1 aliphatic rings. The molecule has 7 nitrogen and oxygen atoms in total. The fourth-order valence-electron chi connectivity index (χ4n) is 2.47. The maximum Gasteiger partial charge on any atom is 0.414 e. The van der Waals surface area contributed by atoms with Crippen LogP contribution in [0.5, 0.6) is 5.75 Å². The number of ether oxygens (including phenoxy) is 1. The number of hydrogen-bond acceptors (Lipinski definition) is 5. The topological polar surface area (TPSA) is 90.3 Å². The molecule has 1 aromatic carbocycles. The van der Waals surface area contributed by atoms with Gasteiger partial charge < -0.3 is 24.7 Å². The first kappa shape index (κ1) is 22.4. The molecule has 0 unspecified atom stereocenters. The normalized spacial score (nSPS) is 15.0. The van der Waals surface area contributed by atoms with Gasteiger partial charge in [-0.3, -0.25) is 0 Å². The van der Waals surface area contributed by atoms with Crippen LogP contribution in [0.2, 0.25) is 0 Å². The summed E-state index contributed by atoms with van der Waals surface area (Å²) in [4.78, 5) is 23.2. The van der Waals surface area contributed by atoms with Crippen LogP contribution in [0.15, 0.2) is 22.7 Å². The van der Waals surface area contributed by atoms with Crippen LogP contribution in [0, 0.1) is 6.92 Å². The largest absolute Gasteiger partial charge is 0.493 e. The summed E-state index contributed by atoms with van der Waals surface area (Å²) in [5.41, 5.74) is 1.19. The Morgan fingerprint density at radius 1 is 1.12 bits per heavy atom. The predicted molar refractivity (Wildman–Crippen MR) is 103 cm³/mol. The van der Waals surface area contributed by atoms with E-state index in [1.165, 1.54) is 44.7 Å². The Kier molecular flexibility index (Phi) is 10.2. The molecular formula is C18H27BrN2O5. The van der Waals surface area contributed by atoms with Crippen LogP contribution in [0.3, 0.4) is 0 Å².